The molecule has 0 aromatic heterocycles. The fourth-order valence-electron chi connectivity index (χ4n) is 1.37. The summed E-state index contributed by atoms with van der Waals surface area (Å²) >= 11 is 0. The summed E-state index contributed by atoms with van der Waals surface area (Å²) in [6.45, 7) is 0. The maximum absolute atomic E-state index is 11.5. The lowest BCUT2D eigenvalue weighted by atomic mass is 9.93. The van der Waals surface area contributed by atoms with E-state index in [9.17, 15) is 4.79 Å². The van der Waals surface area contributed by atoms with Crippen molar-refractivity contribution in [2.24, 2.45) is 5.73 Å². The van der Waals surface area contributed by atoms with E-state index in [0.29, 0.717) is 16.8 Å². The normalized spacial score (nSPS) is 14.1. The van der Waals surface area contributed by atoms with Gasteiger partial charge in [0.05, 0.1) is 11.4 Å². The van der Waals surface area contributed by atoms with Crippen molar-refractivity contribution in [1.29, 1.82) is 5.41 Å². The highest BCUT2D eigenvalue weighted by Crippen LogP contribution is 2.17. The number of hydrogen-bond acceptors (Lipinski definition) is 3. The van der Waals surface area contributed by atoms with Gasteiger partial charge in [-0.25, -0.2) is 0 Å². The van der Waals surface area contributed by atoms with Gasteiger partial charge in [-0.1, -0.05) is 24.3 Å². The summed E-state index contributed by atoms with van der Waals surface area (Å²) in [7, 11) is 0. The number of nitrogens with two attached hydrogens (primary N) is 1. The highest BCUT2D eigenvalue weighted by atomic mass is 35.5. The number of fused-ring (bicyclic) bond motifs is 1. The molecule has 1 aromatic rings. The van der Waals surface area contributed by atoms with Crippen LogP contribution in [0.2, 0.25) is 0 Å². The van der Waals surface area contributed by atoms with E-state index < -0.39 is 0 Å². The molecule has 0 saturated carbocycles. The average molecular weight is 208 g/mol. The van der Waals surface area contributed by atoms with Crippen LogP contribution in [0, 0.1) is 5.41 Å². The molecule has 0 aliphatic heterocycles. The predicted octanol–water partition coefficient (Wildman–Crippen LogP) is -1.90. The number of Topliss-reactive ketones (excluding diaryl/α,β-unsaturated/α-hetero) is 1. The first-order valence-corrected chi connectivity index (χ1v) is 3.90. The zero-order valence-corrected chi connectivity index (χ0v) is 8.01. The predicted molar refractivity (Wildman–Crippen MR) is 49.9 cm³/mol. The SMILES string of the molecule is N=C1C=C(N)C(=O)c2ccccc21.[Cl-]. The number of ketones is 1. The molecule has 0 saturated heterocycles. The molecule has 0 radical (unpaired) electrons. The van der Waals surface area contributed by atoms with Gasteiger partial charge in [-0.05, 0) is 6.08 Å². The first-order valence-electron chi connectivity index (χ1n) is 3.90. The summed E-state index contributed by atoms with van der Waals surface area (Å²) in [4.78, 5) is 11.5. The van der Waals surface area contributed by atoms with Crippen LogP contribution in [-0.2, 0) is 0 Å². The molecule has 0 heterocycles. The van der Waals surface area contributed by atoms with Gasteiger partial charge in [0, 0.05) is 11.1 Å². The Kier molecular flexibility index (Phi) is 2.72. The molecular weight excluding hydrogens is 200 g/mol. The third-order valence-electron chi connectivity index (χ3n) is 2.02. The van der Waals surface area contributed by atoms with Crippen LogP contribution in [0.4, 0.5) is 0 Å². The molecule has 72 valence electrons. The third-order valence-corrected chi connectivity index (χ3v) is 2.02. The van der Waals surface area contributed by atoms with E-state index in [1.165, 1.54) is 6.08 Å². The molecule has 3 nitrogen and oxygen atoms in total. The minimum atomic E-state index is -0.188. The Morgan fingerprint density at radius 3 is 2.36 bits per heavy atom. The van der Waals surface area contributed by atoms with Gasteiger partial charge in [0.25, 0.3) is 0 Å². The summed E-state index contributed by atoms with van der Waals surface area (Å²) in [5.41, 5.74) is 7.07. The van der Waals surface area contributed by atoms with Gasteiger partial charge in [-0.3, -0.25) is 4.79 Å². The second kappa shape index (κ2) is 3.64. The molecule has 1 aromatic carbocycles. The minimum absolute atomic E-state index is 0. The Bertz CT molecular complexity index is 438. The van der Waals surface area contributed by atoms with Crippen LogP contribution in [0.5, 0.6) is 0 Å². The minimum Gasteiger partial charge on any atom is -1.00 e. The molecule has 0 fully saturated rings. The summed E-state index contributed by atoms with van der Waals surface area (Å²) in [5.74, 6) is -0.188. The number of rotatable bonds is 0. The molecule has 0 bridgehead atoms. The number of carbonyl (C=O) groups excluding carboxylic acids is 1. The Balaban J connectivity index is 0.000000980. The highest BCUT2D eigenvalue weighted by molar-refractivity contribution is 6.24. The van der Waals surface area contributed by atoms with Gasteiger partial charge in [0.2, 0.25) is 5.78 Å². The molecule has 14 heavy (non-hydrogen) atoms. The molecule has 1 aliphatic rings. The smallest absolute Gasteiger partial charge is 0.209 e. The fourth-order valence-corrected chi connectivity index (χ4v) is 1.37. The van der Waals surface area contributed by atoms with Crippen LogP contribution in [0.15, 0.2) is 36.0 Å². The summed E-state index contributed by atoms with van der Waals surface area (Å²) < 4.78 is 0. The number of carbonyl (C=O) groups is 1. The molecule has 0 atom stereocenters. The van der Waals surface area contributed by atoms with E-state index in [1.54, 1.807) is 24.3 Å². The molecule has 0 unspecified atom stereocenters. The van der Waals surface area contributed by atoms with Crippen molar-refractivity contribution >= 4 is 11.5 Å². The topological polar surface area (TPSA) is 66.9 Å². The number of hydrogen-bond donors (Lipinski definition) is 2. The maximum atomic E-state index is 11.5. The third kappa shape index (κ3) is 1.42. The lowest BCUT2D eigenvalue weighted by Gasteiger charge is -2.12. The Morgan fingerprint density at radius 1 is 1.14 bits per heavy atom. The van der Waals surface area contributed by atoms with Gasteiger partial charge in [0.15, 0.2) is 0 Å². The van der Waals surface area contributed by atoms with E-state index in [2.05, 4.69) is 0 Å². The van der Waals surface area contributed by atoms with Crippen LogP contribution in [0.3, 0.4) is 0 Å². The van der Waals surface area contributed by atoms with E-state index in [1.807, 2.05) is 0 Å². The number of allylic oxidation sites excluding steroid dienone is 2. The van der Waals surface area contributed by atoms with Gasteiger partial charge in [-0.15, -0.1) is 0 Å². The molecule has 1 aliphatic carbocycles. The highest BCUT2D eigenvalue weighted by Gasteiger charge is 2.20. The molecule has 0 amide bonds. The van der Waals surface area contributed by atoms with Gasteiger partial charge in [-0.2, -0.15) is 0 Å². The van der Waals surface area contributed by atoms with Crippen molar-refractivity contribution < 1.29 is 17.2 Å². The fraction of sp³-hybridized carbons (Fsp3) is 0. The number of benzene rings is 1. The lowest BCUT2D eigenvalue weighted by molar-refractivity contribution is -0.0000100. The van der Waals surface area contributed by atoms with E-state index in [-0.39, 0.29) is 23.9 Å². The molecule has 0 spiro atoms. The van der Waals surface area contributed by atoms with Crippen molar-refractivity contribution in [2.75, 3.05) is 0 Å². The van der Waals surface area contributed by atoms with Crippen LogP contribution in [-0.4, -0.2) is 11.5 Å². The van der Waals surface area contributed by atoms with Gasteiger partial charge < -0.3 is 23.5 Å². The summed E-state index contributed by atoms with van der Waals surface area (Å²) in [6, 6.07) is 7.00. The standard InChI is InChI=1S/C10H8N2O.ClH/c11-8-5-9(12)10(13)7-4-2-1-3-6(7)8;/h1-5,11H,12H2;1H/p-1. The zero-order chi connectivity index (χ0) is 9.42. The van der Waals surface area contributed by atoms with E-state index in [0.717, 1.165) is 0 Å². The second-order valence-electron chi connectivity index (χ2n) is 2.89. The number of nitrogens with one attached hydrogen (secondary N) is 1. The molecule has 3 N–H and O–H groups in total. The lowest BCUT2D eigenvalue weighted by Crippen LogP contribution is -3.00. The summed E-state index contributed by atoms with van der Waals surface area (Å²) in [5, 5.41) is 7.58. The van der Waals surface area contributed by atoms with Crippen molar-refractivity contribution in [3.63, 3.8) is 0 Å². The average Bonchev–Trinajstić information content (AvgIpc) is 2.15. The second-order valence-corrected chi connectivity index (χ2v) is 2.89. The Labute approximate surface area is 87.5 Å². The Morgan fingerprint density at radius 2 is 1.71 bits per heavy atom. The first-order chi connectivity index (χ1) is 6.20. The van der Waals surface area contributed by atoms with Crippen LogP contribution < -0.4 is 18.1 Å². The van der Waals surface area contributed by atoms with Crippen molar-refractivity contribution in [3.05, 3.63) is 47.2 Å². The maximum Gasteiger partial charge on any atom is 0.209 e. The molecule has 4 heteroatoms. The monoisotopic (exact) mass is 207 g/mol. The molecule has 2 rings (SSSR count). The Hall–Kier alpha value is -1.61. The van der Waals surface area contributed by atoms with Gasteiger partial charge in [0.1, 0.15) is 0 Å². The van der Waals surface area contributed by atoms with Crippen LogP contribution in [0.25, 0.3) is 0 Å². The van der Waals surface area contributed by atoms with E-state index >= 15 is 0 Å². The largest absolute Gasteiger partial charge is 1.00 e. The quantitative estimate of drug-likeness (QED) is 0.522. The summed E-state index contributed by atoms with van der Waals surface area (Å²) in [6.07, 6.45) is 1.39. The van der Waals surface area contributed by atoms with Crippen molar-refractivity contribution in [1.82, 2.24) is 0 Å². The number of halogens is 1. The first kappa shape index (κ1) is 10.5. The van der Waals surface area contributed by atoms with E-state index in [4.69, 9.17) is 11.1 Å². The van der Waals surface area contributed by atoms with Crippen molar-refractivity contribution in [3.8, 4) is 0 Å². The van der Waals surface area contributed by atoms with Gasteiger partial charge >= 0.3 is 0 Å². The zero-order valence-electron chi connectivity index (χ0n) is 7.25. The van der Waals surface area contributed by atoms with Crippen LogP contribution in [0.1, 0.15) is 15.9 Å². The van der Waals surface area contributed by atoms with Crippen LogP contribution >= 0.6 is 0 Å². The molecular formula is C10H8ClN2O-. The van der Waals surface area contributed by atoms with Crippen molar-refractivity contribution in [2.45, 2.75) is 0 Å².